The van der Waals surface area contributed by atoms with Crippen molar-refractivity contribution >= 4 is 23.5 Å². The molecule has 0 radical (unpaired) electrons. The zero-order valence-corrected chi connectivity index (χ0v) is 29.5. The molecule has 0 unspecified atom stereocenters. The highest BCUT2D eigenvalue weighted by Gasteiger charge is 2.15. The lowest BCUT2D eigenvalue weighted by Crippen LogP contribution is -2.28. The van der Waals surface area contributed by atoms with Crippen molar-refractivity contribution in [3.63, 3.8) is 0 Å². The first-order chi connectivity index (χ1) is 21.6. The van der Waals surface area contributed by atoms with E-state index in [0.29, 0.717) is 0 Å². The second-order valence-electron chi connectivity index (χ2n) is 12.4. The Bertz CT molecular complexity index is 988. The molecular weight excluding hydrogens is 540 g/mol. The fraction of sp³-hybridized carbons (Fsp3) is 0.650. The summed E-state index contributed by atoms with van der Waals surface area (Å²) in [6, 6.07) is 13.4. The number of benzene rings is 2. The van der Waals surface area contributed by atoms with Crippen LogP contribution in [0.5, 0.6) is 11.5 Å². The van der Waals surface area contributed by atoms with Gasteiger partial charge in [0.15, 0.2) is 0 Å². The fourth-order valence-electron chi connectivity index (χ4n) is 5.90. The quantitative estimate of drug-likeness (QED) is 0.0785. The number of ether oxygens (including phenoxy) is 2. The van der Waals surface area contributed by atoms with Crippen molar-refractivity contribution in [3.05, 3.63) is 47.5 Å². The zero-order chi connectivity index (χ0) is 31.8. The molecule has 0 heterocycles. The molecule has 2 rings (SSSR count). The van der Waals surface area contributed by atoms with E-state index >= 15 is 0 Å². The summed E-state index contributed by atoms with van der Waals surface area (Å²) in [7, 11) is 3.43. The van der Waals surface area contributed by atoms with Gasteiger partial charge in [0.05, 0.1) is 14.2 Å². The molecule has 4 heteroatoms. The summed E-state index contributed by atoms with van der Waals surface area (Å²) < 4.78 is 11.1. The minimum atomic E-state index is 0.815. The molecule has 4 nitrogen and oxygen atoms in total. The predicted octanol–water partition coefficient (Wildman–Crippen LogP) is 11.8. The molecule has 0 aliphatic rings. The van der Waals surface area contributed by atoms with Gasteiger partial charge in [0.25, 0.3) is 0 Å². The van der Waals surface area contributed by atoms with Crippen LogP contribution in [0, 0.1) is 0 Å². The lowest BCUT2D eigenvalue weighted by Gasteiger charge is -2.30. The van der Waals surface area contributed by atoms with E-state index in [4.69, 9.17) is 9.47 Å². The molecule has 0 spiro atoms. The van der Waals surface area contributed by atoms with Crippen LogP contribution in [0.4, 0.5) is 11.4 Å². The molecule has 2 aromatic carbocycles. The van der Waals surface area contributed by atoms with Gasteiger partial charge in [0, 0.05) is 43.6 Å². The van der Waals surface area contributed by atoms with E-state index in [1.165, 1.54) is 120 Å². The first-order valence-electron chi connectivity index (χ1n) is 18.1. The van der Waals surface area contributed by atoms with Crippen molar-refractivity contribution in [3.8, 4) is 11.5 Å². The van der Waals surface area contributed by atoms with E-state index < -0.39 is 0 Å². The fourth-order valence-corrected chi connectivity index (χ4v) is 5.90. The van der Waals surface area contributed by atoms with Crippen LogP contribution in [-0.4, -0.2) is 40.4 Å². The third-order valence-electron chi connectivity index (χ3n) is 8.68. The standard InChI is InChI=1S/C40H66N2O2/c1-7-11-15-19-27-41(28-20-16-12-8-2)37-26-25-36(24-23-35-31-38(43-5)34-39(32-35)44-6)40(33-37)42(29-21-17-13-9-3)30-22-18-14-10-4/h23-26,31-34H,7-22,27-30H2,1-6H3/b24-23+. The average Bonchev–Trinajstić information content (AvgIpc) is 3.05. The number of methoxy groups -OCH3 is 2. The van der Waals surface area contributed by atoms with Crippen LogP contribution in [0.15, 0.2) is 36.4 Å². The van der Waals surface area contributed by atoms with Crippen LogP contribution in [0.2, 0.25) is 0 Å². The Labute approximate surface area is 272 Å². The van der Waals surface area contributed by atoms with Gasteiger partial charge >= 0.3 is 0 Å². The Kier molecular flexibility index (Phi) is 20.3. The lowest BCUT2D eigenvalue weighted by molar-refractivity contribution is 0.394. The van der Waals surface area contributed by atoms with Crippen molar-refractivity contribution in [2.45, 2.75) is 130 Å². The number of rotatable bonds is 26. The molecule has 0 saturated heterocycles. The van der Waals surface area contributed by atoms with Crippen molar-refractivity contribution in [1.29, 1.82) is 0 Å². The van der Waals surface area contributed by atoms with Crippen molar-refractivity contribution in [2.24, 2.45) is 0 Å². The maximum atomic E-state index is 5.55. The second-order valence-corrected chi connectivity index (χ2v) is 12.4. The van der Waals surface area contributed by atoms with E-state index in [1.54, 1.807) is 14.2 Å². The van der Waals surface area contributed by atoms with Crippen LogP contribution >= 0.6 is 0 Å². The Morgan fingerprint density at radius 1 is 0.500 bits per heavy atom. The second kappa shape index (κ2) is 23.7. The number of nitrogens with zero attached hydrogens (tertiary/aromatic N) is 2. The lowest BCUT2D eigenvalue weighted by atomic mass is 10.0. The molecule has 44 heavy (non-hydrogen) atoms. The van der Waals surface area contributed by atoms with Crippen LogP contribution < -0.4 is 19.3 Å². The maximum absolute atomic E-state index is 5.55. The molecule has 0 amide bonds. The summed E-state index contributed by atoms with van der Waals surface area (Å²) in [5.74, 6) is 1.63. The van der Waals surface area contributed by atoms with Gasteiger partial charge in [-0.25, -0.2) is 0 Å². The summed E-state index contributed by atoms with van der Waals surface area (Å²) >= 11 is 0. The van der Waals surface area contributed by atoms with Crippen molar-refractivity contribution in [1.82, 2.24) is 0 Å². The third kappa shape index (κ3) is 14.4. The highest BCUT2D eigenvalue weighted by Crippen LogP contribution is 2.31. The minimum Gasteiger partial charge on any atom is -0.497 e. The van der Waals surface area contributed by atoms with E-state index in [1.807, 2.05) is 6.07 Å². The Morgan fingerprint density at radius 3 is 1.39 bits per heavy atom. The van der Waals surface area contributed by atoms with Gasteiger partial charge in [-0.2, -0.15) is 0 Å². The molecule has 0 saturated carbocycles. The van der Waals surface area contributed by atoms with Gasteiger partial charge < -0.3 is 19.3 Å². The molecule has 0 aromatic heterocycles. The molecule has 0 aliphatic heterocycles. The van der Waals surface area contributed by atoms with E-state index in [9.17, 15) is 0 Å². The molecule has 0 fully saturated rings. The summed E-state index contributed by atoms with van der Waals surface area (Å²) in [4.78, 5) is 5.38. The van der Waals surface area contributed by atoms with Crippen LogP contribution in [-0.2, 0) is 0 Å². The van der Waals surface area contributed by atoms with Crippen molar-refractivity contribution < 1.29 is 9.47 Å². The van der Waals surface area contributed by atoms with Crippen LogP contribution in [0.25, 0.3) is 12.2 Å². The Balaban J connectivity index is 2.49. The summed E-state index contributed by atoms with van der Waals surface area (Å²) in [5, 5.41) is 0. The largest absolute Gasteiger partial charge is 0.497 e. The number of hydrogen-bond donors (Lipinski definition) is 0. The van der Waals surface area contributed by atoms with E-state index in [0.717, 1.165) is 43.2 Å². The summed E-state index contributed by atoms with van der Waals surface area (Å²) in [6.07, 6.45) is 25.2. The van der Waals surface area contributed by atoms with E-state index in [-0.39, 0.29) is 0 Å². The SMILES string of the molecule is CCCCCCN(CCCCCC)c1ccc(/C=C/c2cc(OC)cc(OC)c2)c(N(CCCCCC)CCCCCC)c1. The Morgan fingerprint density at radius 2 is 0.955 bits per heavy atom. The smallest absolute Gasteiger partial charge is 0.123 e. The molecule has 248 valence electrons. The molecule has 0 aliphatic carbocycles. The number of unbranched alkanes of at least 4 members (excludes halogenated alkanes) is 12. The first-order valence-corrected chi connectivity index (χ1v) is 18.1. The average molecular weight is 607 g/mol. The topological polar surface area (TPSA) is 24.9 Å². The Hall–Kier alpha value is -2.62. The minimum absolute atomic E-state index is 0.815. The first kappa shape index (κ1) is 37.6. The molecule has 0 N–H and O–H groups in total. The normalized spacial score (nSPS) is 11.3. The van der Waals surface area contributed by atoms with Gasteiger partial charge in [-0.1, -0.05) is 123 Å². The third-order valence-corrected chi connectivity index (χ3v) is 8.68. The molecule has 0 atom stereocenters. The summed E-state index contributed by atoms with van der Waals surface area (Å²) in [5.41, 5.74) is 5.15. The monoisotopic (exact) mass is 607 g/mol. The van der Waals surface area contributed by atoms with Gasteiger partial charge in [-0.15, -0.1) is 0 Å². The predicted molar refractivity (Wildman–Crippen MR) is 196 cm³/mol. The highest BCUT2D eigenvalue weighted by molar-refractivity contribution is 5.80. The zero-order valence-electron chi connectivity index (χ0n) is 29.5. The van der Waals surface area contributed by atoms with Gasteiger partial charge in [0.2, 0.25) is 0 Å². The van der Waals surface area contributed by atoms with Crippen LogP contribution in [0.1, 0.15) is 142 Å². The van der Waals surface area contributed by atoms with Crippen molar-refractivity contribution in [2.75, 3.05) is 50.2 Å². The summed E-state index contributed by atoms with van der Waals surface area (Å²) in [6.45, 7) is 13.8. The van der Waals surface area contributed by atoms with Gasteiger partial charge in [0.1, 0.15) is 11.5 Å². The molecule has 0 bridgehead atoms. The molecular formula is C40H66N2O2. The molecule has 2 aromatic rings. The highest BCUT2D eigenvalue weighted by atomic mass is 16.5. The van der Waals surface area contributed by atoms with Gasteiger partial charge in [-0.05, 0) is 61.1 Å². The van der Waals surface area contributed by atoms with Gasteiger partial charge in [-0.3, -0.25) is 0 Å². The number of hydrogen-bond acceptors (Lipinski definition) is 4. The number of anilines is 2. The van der Waals surface area contributed by atoms with E-state index in [2.05, 4.69) is 80.0 Å². The maximum Gasteiger partial charge on any atom is 0.123 e. The van der Waals surface area contributed by atoms with Crippen LogP contribution in [0.3, 0.4) is 0 Å².